The van der Waals surface area contributed by atoms with Gasteiger partial charge in [-0.15, -0.1) is 23.1 Å². The van der Waals surface area contributed by atoms with Crippen LogP contribution in [0.3, 0.4) is 0 Å². The molecule has 0 spiro atoms. The van der Waals surface area contributed by atoms with Crippen molar-refractivity contribution in [1.82, 2.24) is 0 Å². The van der Waals surface area contributed by atoms with Gasteiger partial charge in [-0.2, -0.15) is 0 Å². The highest BCUT2D eigenvalue weighted by Crippen LogP contribution is 2.23. The molecular weight excluding hydrogens is 388 g/mol. The lowest BCUT2D eigenvalue weighted by molar-refractivity contribution is -0.113. The van der Waals surface area contributed by atoms with Crippen LogP contribution in [0.1, 0.15) is 35.0 Å². The third-order valence-electron chi connectivity index (χ3n) is 4.07. The van der Waals surface area contributed by atoms with Gasteiger partial charge in [-0.05, 0) is 53.3 Å². The second-order valence-electron chi connectivity index (χ2n) is 6.57. The number of nitrogens with one attached hydrogen (secondary N) is 2. The summed E-state index contributed by atoms with van der Waals surface area (Å²) in [6, 6.07) is 19.1. The zero-order valence-corrected chi connectivity index (χ0v) is 17.4. The van der Waals surface area contributed by atoms with Crippen molar-refractivity contribution < 1.29 is 9.59 Å². The van der Waals surface area contributed by atoms with Crippen LogP contribution >= 0.6 is 23.1 Å². The lowest BCUT2D eigenvalue weighted by atomic mass is 10.0. The lowest BCUT2D eigenvalue weighted by Gasteiger charge is -2.09. The van der Waals surface area contributed by atoms with Gasteiger partial charge in [0.05, 0.1) is 10.6 Å². The molecule has 28 heavy (non-hydrogen) atoms. The normalized spacial score (nSPS) is 10.7. The summed E-state index contributed by atoms with van der Waals surface area (Å²) in [5, 5.41) is 7.67. The Bertz CT molecular complexity index is 935. The minimum absolute atomic E-state index is 0.0599. The highest BCUT2D eigenvalue weighted by molar-refractivity contribution is 8.00. The van der Waals surface area contributed by atoms with Crippen LogP contribution in [0.25, 0.3) is 0 Å². The highest BCUT2D eigenvalue weighted by Gasteiger charge is 2.08. The maximum absolute atomic E-state index is 12.2. The lowest BCUT2D eigenvalue weighted by Crippen LogP contribution is -2.14. The maximum Gasteiger partial charge on any atom is 0.265 e. The Morgan fingerprint density at radius 1 is 0.964 bits per heavy atom. The molecule has 0 fully saturated rings. The SMILES string of the molecule is CC(C)c1ccc(NC(=O)CSc2cccc(NC(=O)c3cccs3)c2)cc1. The maximum atomic E-state index is 12.2. The van der Waals surface area contributed by atoms with Gasteiger partial charge >= 0.3 is 0 Å². The summed E-state index contributed by atoms with van der Waals surface area (Å²) in [5.41, 5.74) is 2.76. The number of amides is 2. The average molecular weight is 411 g/mol. The molecule has 1 aromatic heterocycles. The topological polar surface area (TPSA) is 58.2 Å². The van der Waals surface area contributed by atoms with E-state index in [9.17, 15) is 9.59 Å². The van der Waals surface area contributed by atoms with E-state index in [4.69, 9.17) is 0 Å². The smallest absolute Gasteiger partial charge is 0.265 e. The van der Waals surface area contributed by atoms with Gasteiger partial charge in [0.1, 0.15) is 0 Å². The van der Waals surface area contributed by atoms with Crippen molar-refractivity contribution in [2.45, 2.75) is 24.7 Å². The summed E-state index contributed by atoms with van der Waals surface area (Å²) in [6.07, 6.45) is 0. The second kappa shape index (κ2) is 9.57. The molecular formula is C22H22N2O2S2. The summed E-state index contributed by atoms with van der Waals surface area (Å²) in [7, 11) is 0. The fourth-order valence-electron chi connectivity index (χ4n) is 2.56. The number of benzene rings is 2. The van der Waals surface area contributed by atoms with Crippen molar-refractivity contribution in [3.05, 3.63) is 76.5 Å². The Labute approximate surface area is 173 Å². The average Bonchev–Trinajstić information content (AvgIpc) is 3.22. The summed E-state index contributed by atoms with van der Waals surface area (Å²) in [4.78, 5) is 26.0. The van der Waals surface area contributed by atoms with Crippen molar-refractivity contribution in [2.24, 2.45) is 0 Å². The van der Waals surface area contributed by atoms with Gasteiger partial charge in [0, 0.05) is 16.3 Å². The molecule has 2 N–H and O–H groups in total. The first-order valence-corrected chi connectivity index (χ1v) is 10.9. The van der Waals surface area contributed by atoms with E-state index >= 15 is 0 Å². The van der Waals surface area contributed by atoms with Crippen LogP contribution in [0.4, 0.5) is 11.4 Å². The molecule has 0 bridgehead atoms. The van der Waals surface area contributed by atoms with E-state index in [0.29, 0.717) is 22.2 Å². The Morgan fingerprint density at radius 3 is 2.43 bits per heavy atom. The number of hydrogen-bond acceptors (Lipinski definition) is 4. The molecule has 3 aromatic rings. The standard InChI is InChI=1S/C22H22N2O2S2/c1-15(2)16-8-10-17(11-9-16)23-21(25)14-28-19-6-3-5-18(13-19)24-22(26)20-7-4-12-27-20/h3-13,15H,14H2,1-2H3,(H,23,25)(H,24,26). The van der Waals surface area contributed by atoms with Crippen LogP contribution in [0.5, 0.6) is 0 Å². The van der Waals surface area contributed by atoms with E-state index in [1.807, 2.05) is 60.0 Å². The number of rotatable bonds is 7. The third kappa shape index (κ3) is 5.71. The molecule has 2 amide bonds. The molecule has 4 nitrogen and oxygen atoms in total. The molecule has 2 aromatic carbocycles. The summed E-state index contributed by atoms with van der Waals surface area (Å²) in [5.74, 6) is 0.580. The van der Waals surface area contributed by atoms with Crippen molar-refractivity contribution in [2.75, 3.05) is 16.4 Å². The Kier molecular flexibility index (Phi) is 6.90. The van der Waals surface area contributed by atoms with Crippen LogP contribution in [0, 0.1) is 0 Å². The predicted molar refractivity (Wildman–Crippen MR) is 119 cm³/mol. The highest BCUT2D eigenvalue weighted by atomic mass is 32.2. The van der Waals surface area contributed by atoms with Crippen LogP contribution in [0.2, 0.25) is 0 Å². The second-order valence-corrected chi connectivity index (χ2v) is 8.57. The number of anilines is 2. The van der Waals surface area contributed by atoms with Gasteiger partial charge in [0.2, 0.25) is 5.91 Å². The minimum Gasteiger partial charge on any atom is -0.325 e. The molecule has 0 aliphatic carbocycles. The molecule has 0 saturated heterocycles. The van der Waals surface area contributed by atoms with E-state index in [0.717, 1.165) is 10.6 Å². The molecule has 0 atom stereocenters. The fourth-order valence-corrected chi connectivity index (χ4v) is 3.94. The van der Waals surface area contributed by atoms with Crippen molar-refractivity contribution in [3.8, 4) is 0 Å². The zero-order valence-electron chi connectivity index (χ0n) is 15.8. The van der Waals surface area contributed by atoms with Crippen LogP contribution < -0.4 is 10.6 Å². The number of thiophene rings is 1. The van der Waals surface area contributed by atoms with Crippen LogP contribution in [-0.2, 0) is 4.79 Å². The molecule has 1 heterocycles. The molecule has 6 heteroatoms. The van der Waals surface area contributed by atoms with Gasteiger partial charge in [0.25, 0.3) is 5.91 Å². The molecule has 0 aliphatic heterocycles. The molecule has 0 radical (unpaired) electrons. The molecule has 3 rings (SSSR count). The Morgan fingerprint density at radius 2 is 1.75 bits per heavy atom. The van der Waals surface area contributed by atoms with Gasteiger partial charge < -0.3 is 10.6 Å². The van der Waals surface area contributed by atoms with Crippen LogP contribution in [-0.4, -0.2) is 17.6 Å². The van der Waals surface area contributed by atoms with Crippen LogP contribution in [0.15, 0.2) is 70.9 Å². The van der Waals surface area contributed by atoms with Gasteiger partial charge in [-0.25, -0.2) is 0 Å². The minimum atomic E-state index is -0.125. The number of carbonyl (C=O) groups excluding carboxylic acids is 2. The monoisotopic (exact) mass is 410 g/mol. The van der Waals surface area contributed by atoms with Crippen molar-refractivity contribution >= 4 is 46.3 Å². The molecule has 0 saturated carbocycles. The first-order valence-electron chi connectivity index (χ1n) is 8.99. The first kappa shape index (κ1) is 20.2. The van der Waals surface area contributed by atoms with E-state index in [2.05, 4.69) is 24.5 Å². The summed E-state index contributed by atoms with van der Waals surface area (Å²) < 4.78 is 0. The third-order valence-corrected chi connectivity index (χ3v) is 5.93. The zero-order chi connectivity index (χ0) is 19.9. The first-order chi connectivity index (χ1) is 13.5. The largest absolute Gasteiger partial charge is 0.325 e. The number of carbonyl (C=O) groups is 2. The predicted octanol–water partition coefficient (Wildman–Crippen LogP) is 5.85. The van der Waals surface area contributed by atoms with Gasteiger partial charge in [0.15, 0.2) is 0 Å². The van der Waals surface area contributed by atoms with E-state index in [1.165, 1.54) is 28.7 Å². The van der Waals surface area contributed by atoms with Gasteiger partial charge in [-0.3, -0.25) is 9.59 Å². The fraction of sp³-hybridized carbons (Fsp3) is 0.182. The van der Waals surface area contributed by atoms with Gasteiger partial charge in [-0.1, -0.05) is 38.1 Å². The van der Waals surface area contributed by atoms with E-state index in [1.54, 1.807) is 6.07 Å². The number of hydrogen-bond donors (Lipinski definition) is 2. The summed E-state index contributed by atoms with van der Waals surface area (Å²) >= 11 is 2.84. The Hall–Kier alpha value is -2.57. The van der Waals surface area contributed by atoms with E-state index in [-0.39, 0.29) is 11.8 Å². The molecule has 144 valence electrons. The van der Waals surface area contributed by atoms with Crippen molar-refractivity contribution in [3.63, 3.8) is 0 Å². The Balaban J connectivity index is 1.52. The summed E-state index contributed by atoms with van der Waals surface area (Å²) in [6.45, 7) is 4.28. The molecule has 0 aliphatic rings. The quantitative estimate of drug-likeness (QED) is 0.480. The number of thioether (sulfide) groups is 1. The van der Waals surface area contributed by atoms with E-state index < -0.39 is 0 Å². The molecule has 0 unspecified atom stereocenters. The van der Waals surface area contributed by atoms with Crippen molar-refractivity contribution in [1.29, 1.82) is 0 Å².